The number of hydrogen-bond donors (Lipinski definition) is 2. The van der Waals surface area contributed by atoms with Gasteiger partial charge in [-0.2, -0.15) is 0 Å². The Balaban J connectivity index is 3.05. The van der Waals surface area contributed by atoms with Crippen LogP contribution in [0, 0.1) is 0 Å². The van der Waals surface area contributed by atoms with Gasteiger partial charge in [-0.3, -0.25) is 0 Å². The molecule has 0 heterocycles. The molecule has 1 rings (SSSR count). The maximum Gasteiger partial charge on any atom is 0.0831 e. The lowest BCUT2D eigenvalue weighted by Crippen LogP contribution is -1.90. The molecule has 2 nitrogen and oxygen atoms in total. The Morgan fingerprint density at radius 3 is 2.57 bits per heavy atom. The highest BCUT2D eigenvalue weighted by atomic mass is 35.5. The van der Waals surface area contributed by atoms with Crippen LogP contribution in [0.15, 0.2) is 24.5 Å². The van der Waals surface area contributed by atoms with Crippen molar-refractivity contribution in [3.05, 3.63) is 40.1 Å². The Kier molecular flexibility index (Phi) is 4.26. The molecule has 4 heteroatoms. The van der Waals surface area contributed by atoms with Gasteiger partial charge >= 0.3 is 0 Å². The van der Waals surface area contributed by atoms with Crippen LogP contribution in [-0.4, -0.2) is 16.8 Å². The zero-order valence-electron chi connectivity index (χ0n) is 7.37. The van der Waals surface area contributed by atoms with Crippen LogP contribution in [0.4, 0.5) is 0 Å². The lowest BCUT2D eigenvalue weighted by atomic mass is 10.0. The van der Waals surface area contributed by atoms with E-state index in [1.165, 1.54) is 0 Å². The van der Waals surface area contributed by atoms with E-state index in [0.717, 1.165) is 6.26 Å². The van der Waals surface area contributed by atoms with Crippen LogP contribution in [0.5, 0.6) is 0 Å². The van der Waals surface area contributed by atoms with Crippen LogP contribution in [0.1, 0.15) is 12.0 Å². The van der Waals surface area contributed by atoms with Gasteiger partial charge in [-0.15, -0.1) is 0 Å². The molecule has 76 valence electrons. The van der Waals surface area contributed by atoms with E-state index in [0.29, 0.717) is 27.6 Å². The van der Waals surface area contributed by atoms with E-state index in [-0.39, 0.29) is 6.61 Å². The minimum atomic E-state index is -0.0364. The van der Waals surface area contributed by atoms with E-state index < -0.39 is 0 Å². The summed E-state index contributed by atoms with van der Waals surface area (Å²) >= 11 is 11.6. The fraction of sp³-hybridized carbons (Fsp3) is 0.200. The Bertz CT molecular complexity index is 348. The standard InChI is InChI=1S/C10H10Cl2O2/c11-8-1-2-9(10(12)5-8)7(6-14)3-4-13/h1-2,5-6,13-14H,3-4H2. The van der Waals surface area contributed by atoms with Gasteiger partial charge in [0.2, 0.25) is 0 Å². The summed E-state index contributed by atoms with van der Waals surface area (Å²) in [5, 5.41) is 18.7. The second-order valence-electron chi connectivity index (χ2n) is 2.75. The molecule has 0 fully saturated rings. The first kappa shape index (κ1) is 11.4. The van der Waals surface area contributed by atoms with Gasteiger partial charge in [-0.05, 0) is 29.7 Å². The maximum absolute atomic E-state index is 8.94. The lowest BCUT2D eigenvalue weighted by Gasteiger charge is -2.06. The third kappa shape index (κ3) is 2.64. The normalized spacial score (nSPS) is 11.8. The number of halogens is 2. The van der Waals surface area contributed by atoms with Crippen molar-refractivity contribution in [2.45, 2.75) is 6.42 Å². The van der Waals surface area contributed by atoms with Crippen molar-refractivity contribution >= 4 is 28.8 Å². The summed E-state index contributed by atoms with van der Waals surface area (Å²) in [5.74, 6) is 0. The Hall–Kier alpha value is -0.700. The highest BCUT2D eigenvalue weighted by molar-refractivity contribution is 6.35. The van der Waals surface area contributed by atoms with Gasteiger partial charge in [0.25, 0.3) is 0 Å². The van der Waals surface area contributed by atoms with Gasteiger partial charge in [0.1, 0.15) is 0 Å². The van der Waals surface area contributed by atoms with Crippen LogP contribution in [0.2, 0.25) is 10.0 Å². The number of benzene rings is 1. The van der Waals surface area contributed by atoms with Gasteiger partial charge in [0, 0.05) is 16.7 Å². The van der Waals surface area contributed by atoms with E-state index in [4.69, 9.17) is 33.4 Å². The number of hydrogen-bond acceptors (Lipinski definition) is 2. The average Bonchev–Trinajstić information content (AvgIpc) is 2.15. The summed E-state index contributed by atoms with van der Waals surface area (Å²) in [6, 6.07) is 4.99. The van der Waals surface area contributed by atoms with E-state index >= 15 is 0 Å². The zero-order valence-corrected chi connectivity index (χ0v) is 8.89. The molecule has 1 aromatic rings. The first-order chi connectivity index (χ1) is 6.69. The van der Waals surface area contributed by atoms with E-state index in [2.05, 4.69) is 0 Å². The van der Waals surface area contributed by atoms with E-state index in [9.17, 15) is 0 Å². The molecule has 2 N–H and O–H groups in total. The zero-order chi connectivity index (χ0) is 10.6. The van der Waals surface area contributed by atoms with Gasteiger partial charge < -0.3 is 10.2 Å². The van der Waals surface area contributed by atoms with Crippen molar-refractivity contribution in [3.63, 3.8) is 0 Å². The Morgan fingerprint density at radius 2 is 2.07 bits per heavy atom. The summed E-state index contributed by atoms with van der Waals surface area (Å²) in [4.78, 5) is 0. The Morgan fingerprint density at radius 1 is 1.36 bits per heavy atom. The van der Waals surface area contributed by atoms with Gasteiger partial charge in [-0.25, -0.2) is 0 Å². The molecule has 0 saturated carbocycles. The molecule has 0 aromatic heterocycles. The first-order valence-electron chi connectivity index (χ1n) is 4.08. The van der Waals surface area contributed by atoms with Crippen LogP contribution < -0.4 is 0 Å². The van der Waals surface area contributed by atoms with Gasteiger partial charge in [0.15, 0.2) is 0 Å². The molecule has 0 bridgehead atoms. The second-order valence-corrected chi connectivity index (χ2v) is 3.60. The fourth-order valence-corrected chi connectivity index (χ4v) is 1.67. The molecular weight excluding hydrogens is 223 g/mol. The van der Waals surface area contributed by atoms with E-state index in [1.54, 1.807) is 18.2 Å². The van der Waals surface area contributed by atoms with E-state index in [1.807, 2.05) is 0 Å². The fourth-order valence-electron chi connectivity index (χ4n) is 1.14. The molecule has 0 atom stereocenters. The maximum atomic E-state index is 8.94. The molecule has 1 aromatic carbocycles. The van der Waals surface area contributed by atoms with Crippen molar-refractivity contribution < 1.29 is 10.2 Å². The van der Waals surface area contributed by atoms with Crippen molar-refractivity contribution in [2.24, 2.45) is 0 Å². The minimum Gasteiger partial charge on any atom is -0.515 e. The lowest BCUT2D eigenvalue weighted by molar-refractivity contribution is 0.304. The van der Waals surface area contributed by atoms with Crippen molar-refractivity contribution in [3.8, 4) is 0 Å². The van der Waals surface area contributed by atoms with Crippen LogP contribution in [0.3, 0.4) is 0 Å². The summed E-state index contributed by atoms with van der Waals surface area (Å²) < 4.78 is 0. The smallest absolute Gasteiger partial charge is 0.0831 e. The molecule has 0 radical (unpaired) electrons. The highest BCUT2D eigenvalue weighted by Gasteiger charge is 2.06. The summed E-state index contributed by atoms with van der Waals surface area (Å²) in [7, 11) is 0. The van der Waals surface area contributed by atoms with Gasteiger partial charge in [0.05, 0.1) is 6.26 Å². The summed E-state index contributed by atoms with van der Waals surface area (Å²) in [6.45, 7) is -0.0364. The number of rotatable bonds is 3. The monoisotopic (exact) mass is 232 g/mol. The quantitative estimate of drug-likeness (QED) is 0.786. The highest BCUT2D eigenvalue weighted by Crippen LogP contribution is 2.28. The number of aliphatic hydroxyl groups excluding tert-OH is 2. The molecule has 0 aliphatic rings. The summed E-state index contributed by atoms with van der Waals surface area (Å²) in [5.41, 5.74) is 1.28. The molecule has 0 unspecified atom stereocenters. The third-order valence-corrected chi connectivity index (χ3v) is 2.36. The van der Waals surface area contributed by atoms with Crippen LogP contribution in [-0.2, 0) is 0 Å². The molecule has 0 aliphatic carbocycles. The first-order valence-corrected chi connectivity index (χ1v) is 4.84. The van der Waals surface area contributed by atoms with Crippen molar-refractivity contribution in [1.82, 2.24) is 0 Å². The van der Waals surface area contributed by atoms with Crippen LogP contribution in [0.25, 0.3) is 5.57 Å². The molecular formula is C10H10Cl2O2. The second kappa shape index (κ2) is 5.25. The summed E-state index contributed by atoms with van der Waals surface area (Å²) in [6.07, 6.45) is 1.31. The average molecular weight is 233 g/mol. The molecule has 14 heavy (non-hydrogen) atoms. The minimum absolute atomic E-state index is 0.0364. The SMILES string of the molecule is OC=C(CCO)c1ccc(Cl)cc1Cl. The predicted octanol–water partition coefficient (Wildman–Crippen LogP) is 3.27. The molecule has 0 aliphatic heterocycles. The van der Waals surface area contributed by atoms with Crippen molar-refractivity contribution in [2.75, 3.05) is 6.61 Å². The van der Waals surface area contributed by atoms with Gasteiger partial charge in [-0.1, -0.05) is 29.3 Å². The molecule has 0 spiro atoms. The third-order valence-electron chi connectivity index (χ3n) is 1.81. The predicted molar refractivity (Wildman–Crippen MR) is 58.8 cm³/mol. The van der Waals surface area contributed by atoms with Crippen molar-refractivity contribution in [1.29, 1.82) is 0 Å². The number of aliphatic hydroxyl groups is 2. The topological polar surface area (TPSA) is 40.5 Å². The molecule has 0 amide bonds. The van der Waals surface area contributed by atoms with Crippen LogP contribution >= 0.6 is 23.2 Å². The molecule has 0 saturated heterocycles. The Labute approximate surface area is 92.4 Å². The largest absolute Gasteiger partial charge is 0.515 e.